The van der Waals surface area contributed by atoms with E-state index in [9.17, 15) is 0 Å². The third-order valence-electron chi connectivity index (χ3n) is 3.03. The van der Waals surface area contributed by atoms with Gasteiger partial charge in [-0.1, -0.05) is 11.6 Å². The predicted octanol–water partition coefficient (Wildman–Crippen LogP) is 2.45. The van der Waals surface area contributed by atoms with Gasteiger partial charge in [0.2, 0.25) is 0 Å². The Morgan fingerprint density at radius 1 is 1.47 bits per heavy atom. The van der Waals surface area contributed by atoms with Crippen LogP contribution in [0.4, 0.5) is 5.82 Å². The summed E-state index contributed by atoms with van der Waals surface area (Å²) < 4.78 is 5.65. The van der Waals surface area contributed by atoms with Gasteiger partial charge in [0.1, 0.15) is 11.0 Å². The summed E-state index contributed by atoms with van der Waals surface area (Å²) in [7, 11) is 0. The van der Waals surface area contributed by atoms with Crippen LogP contribution >= 0.6 is 23.4 Å². The fourth-order valence-corrected chi connectivity index (χ4v) is 2.81. The van der Waals surface area contributed by atoms with Crippen LogP contribution in [0.25, 0.3) is 0 Å². The van der Waals surface area contributed by atoms with Gasteiger partial charge >= 0.3 is 0 Å². The van der Waals surface area contributed by atoms with Crippen LogP contribution < -0.4 is 5.32 Å². The molecule has 1 N–H and O–H groups in total. The van der Waals surface area contributed by atoms with Crippen molar-refractivity contribution in [2.75, 3.05) is 31.3 Å². The molecule has 1 aromatic rings. The minimum absolute atomic E-state index is 0.238. The summed E-state index contributed by atoms with van der Waals surface area (Å²) in [6.45, 7) is 2.54. The van der Waals surface area contributed by atoms with E-state index in [1.807, 2.05) is 11.8 Å². The van der Waals surface area contributed by atoms with Crippen molar-refractivity contribution in [2.24, 2.45) is 0 Å². The van der Waals surface area contributed by atoms with Crippen LogP contribution in [0.2, 0.25) is 5.15 Å². The number of thioether (sulfide) groups is 1. The van der Waals surface area contributed by atoms with Crippen molar-refractivity contribution >= 4 is 29.2 Å². The second kappa shape index (κ2) is 5.89. The van der Waals surface area contributed by atoms with Gasteiger partial charge in [-0.3, -0.25) is 4.98 Å². The van der Waals surface area contributed by atoms with Gasteiger partial charge in [-0.2, -0.15) is 11.8 Å². The van der Waals surface area contributed by atoms with E-state index in [4.69, 9.17) is 16.3 Å². The van der Waals surface area contributed by atoms with Gasteiger partial charge in [-0.25, -0.2) is 4.98 Å². The summed E-state index contributed by atoms with van der Waals surface area (Å²) >= 11 is 7.69. The van der Waals surface area contributed by atoms with Crippen molar-refractivity contribution < 1.29 is 4.74 Å². The van der Waals surface area contributed by atoms with Crippen molar-refractivity contribution in [1.82, 2.24) is 9.97 Å². The SMILES string of the molecule is CSC1(CNc2cncc(Cl)n2)CCOCC1. The number of nitrogens with zero attached hydrogens (tertiary/aromatic N) is 2. The second-order valence-electron chi connectivity index (χ2n) is 4.08. The molecular weight excluding hydrogens is 258 g/mol. The first kappa shape index (κ1) is 12.9. The number of hydrogen-bond donors (Lipinski definition) is 1. The molecule has 0 spiro atoms. The maximum absolute atomic E-state index is 5.80. The highest BCUT2D eigenvalue weighted by molar-refractivity contribution is 8.00. The Kier molecular flexibility index (Phi) is 4.48. The highest BCUT2D eigenvalue weighted by Gasteiger charge is 2.31. The molecule has 17 heavy (non-hydrogen) atoms. The van der Waals surface area contributed by atoms with E-state index in [0.29, 0.717) is 5.15 Å². The number of aromatic nitrogens is 2. The van der Waals surface area contributed by atoms with Gasteiger partial charge in [0, 0.05) is 24.5 Å². The molecule has 1 aliphatic rings. The van der Waals surface area contributed by atoms with E-state index in [1.165, 1.54) is 6.20 Å². The average Bonchev–Trinajstić information content (AvgIpc) is 2.38. The maximum atomic E-state index is 5.80. The van der Waals surface area contributed by atoms with E-state index >= 15 is 0 Å². The Morgan fingerprint density at radius 3 is 2.88 bits per heavy atom. The number of hydrogen-bond acceptors (Lipinski definition) is 5. The summed E-state index contributed by atoms with van der Waals surface area (Å²) in [6.07, 6.45) is 7.51. The van der Waals surface area contributed by atoms with Gasteiger partial charge < -0.3 is 10.1 Å². The number of nitrogens with one attached hydrogen (secondary N) is 1. The summed E-state index contributed by atoms with van der Waals surface area (Å²) in [5, 5.41) is 3.73. The molecule has 2 rings (SSSR count). The van der Waals surface area contributed by atoms with E-state index < -0.39 is 0 Å². The van der Waals surface area contributed by atoms with Gasteiger partial charge in [0.05, 0.1) is 12.4 Å². The molecule has 1 aromatic heterocycles. The molecule has 0 bridgehead atoms. The molecule has 4 nitrogen and oxygen atoms in total. The number of anilines is 1. The van der Waals surface area contributed by atoms with Gasteiger partial charge in [0.15, 0.2) is 0 Å². The molecular formula is C11H16ClN3OS. The number of rotatable bonds is 4. The van der Waals surface area contributed by atoms with Crippen LogP contribution in [0.15, 0.2) is 12.4 Å². The molecule has 6 heteroatoms. The average molecular weight is 274 g/mol. The third kappa shape index (κ3) is 3.47. The molecule has 0 unspecified atom stereocenters. The van der Waals surface area contributed by atoms with Crippen molar-refractivity contribution in [2.45, 2.75) is 17.6 Å². The smallest absolute Gasteiger partial charge is 0.149 e. The molecule has 1 aliphatic heterocycles. The maximum Gasteiger partial charge on any atom is 0.149 e. The van der Waals surface area contributed by atoms with Crippen molar-refractivity contribution in [3.8, 4) is 0 Å². The predicted molar refractivity (Wildman–Crippen MR) is 71.8 cm³/mol. The molecule has 0 atom stereocenters. The first-order chi connectivity index (χ1) is 8.24. The Labute approximate surface area is 111 Å². The van der Waals surface area contributed by atoms with Gasteiger partial charge in [0.25, 0.3) is 0 Å². The quantitative estimate of drug-likeness (QED) is 0.913. The third-order valence-corrected chi connectivity index (χ3v) is 4.63. The van der Waals surface area contributed by atoms with Crippen LogP contribution in [-0.4, -0.2) is 40.7 Å². The van der Waals surface area contributed by atoms with E-state index in [1.54, 1.807) is 6.20 Å². The zero-order chi connectivity index (χ0) is 12.1. The molecule has 94 valence electrons. The Balaban J connectivity index is 1.95. The molecule has 0 amide bonds. The highest BCUT2D eigenvalue weighted by Crippen LogP contribution is 2.33. The Morgan fingerprint density at radius 2 is 2.24 bits per heavy atom. The summed E-state index contributed by atoms with van der Waals surface area (Å²) in [5.74, 6) is 0.734. The van der Waals surface area contributed by atoms with Crippen LogP contribution in [0, 0.1) is 0 Å². The zero-order valence-corrected chi connectivity index (χ0v) is 11.4. The van der Waals surface area contributed by atoms with Crippen LogP contribution in [-0.2, 0) is 4.74 Å². The van der Waals surface area contributed by atoms with Gasteiger partial charge in [-0.05, 0) is 19.1 Å². The number of ether oxygens (including phenoxy) is 1. The first-order valence-electron chi connectivity index (χ1n) is 5.58. The lowest BCUT2D eigenvalue weighted by atomic mass is 9.99. The topological polar surface area (TPSA) is 47.0 Å². The van der Waals surface area contributed by atoms with E-state index in [0.717, 1.165) is 38.4 Å². The number of halogens is 1. The van der Waals surface area contributed by atoms with Crippen LogP contribution in [0.1, 0.15) is 12.8 Å². The fourth-order valence-electron chi connectivity index (χ4n) is 1.88. The molecule has 1 fully saturated rings. The normalized spacial score (nSPS) is 18.9. The summed E-state index contributed by atoms with van der Waals surface area (Å²) in [5.41, 5.74) is 0. The van der Waals surface area contributed by atoms with Crippen molar-refractivity contribution in [3.05, 3.63) is 17.5 Å². The second-order valence-corrected chi connectivity index (χ2v) is 5.74. The largest absolute Gasteiger partial charge is 0.381 e. The monoisotopic (exact) mass is 273 g/mol. The standard InChI is InChI=1S/C11H16ClN3OS/c1-17-11(2-4-16-5-3-11)8-14-10-7-13-6-9(12)15-10/h6-7H,2-5,8H2,1H3,(H,14,15). The van der Waals surface area contributed by atoms with Crippen molar-refractivity contribution in [1.29, 1.82) is 0 Å². The molecule has 0 saturated carbocycles. The Hall–Kier alpha value is -0.520. The lowest BCUT2D eigenvalue weighted by Crippen LogP contribution is -2.39. The lowest BCUT2D eigenvalue weighted by Gasteiger charge is -2.35. The fraction of sp³-hybridized carbons (Fsp3) is 0.636. The molecule has 0 radical (unpaired) electrons. The van der Waals surface area contributed by atoms with Gasteiger partial charge in [-0.15, -0.1) is 0 Å². The summed E-state index contributed by atoms with van der Waals surface area (Å²) in [6, 6.07) is 0. The summed E-state index contributed by atoms with van der Waals surface area (Å²) in [4.78, 5) is 8.18. The van der Waals surface area contributed by atoms with E-state index in [2.05, 4.69) is 21.5 Å². The first-order valence-corrected chi connectivity index (χ1v) is 7.19. The Bertz CT molecular complexity index is 371. The molecule has 2 heterocycles. The molecule has 0 aliphatic carbocycles. The molecule has 1 saturated heterocycles. The van der Waals surface area contributed by atoms with Crippen LogP contribution in [0.3, 0.4) is 0 Å². The van der Waals surface area contributed by atoms with E-state index in [-0.39, 0.29) is 4.75 Å². The zero-order valence-electron chi connectivity index (χ0n) is 9.78. The minimum Gasteiger partial charge on any atom is -0.381 e. The molecule has 0 aromatic carbocycles. The van der Waals surface area contributed by atoms with Crippen molar-refractivity contribution in [3.63, 3.8) is 0 Å². The van der Waals surface area contributed by atoms with Crippen LogP contribution in [0.5, 0.6) is 0 Å². The lowest BCUT2D eigenvalue weighted by molar-refractivity contribution is 0.0802. The highest BCUT2D eigenvalue weighted by atomic mass is 35.5. The minimum atomic E-state index is 0.238.